The third kappa shape index (κ3) is 7.49. The summed E-state index contributed by atoms with van der Waals surface area (Å²) in [4.78, 5) is 0. The molecule has 94 valence electrons. The van der Waals surface area contributed by atoms with Gasteiger partial charge in [-0.1, -0.05) is 13.8 Å². The first kappa shape index (κ1) is 15.2. The van der Waals surface area contributed by atoms with Gasteiger partial charge < -0.3 is 9.47 Å². The van der Waals surface area contributed by atoms with Crippen molar-refractivity contribution < 1.29 is 22.6 Å². The van der Waals surface area contributed by atoms with Crippen molar-refractivity contribution in [2.45, 2.75) is 20.0 Å². The molecule has 3 nitrogen and oxygen atoms in total. The van der Waals surface area contributed by atoms with Crippen molar-refractivity contribution in [3.63, 3.8) is 0 Å². The summed E-state index contributed by atoms with van der Waals surface area (Å²) >= 11 is 0. The molecule has 0 rings (SSSR count). The lowest BCUT2D eigenvalue weighted by molar-refractivity contribution is -0.172. The molecule has 1 unspecified atom stereocenters. The highest BCUT2D eigenvalue weighted by molar-refractivity contribution is 4.88. The van der Waals surface area contributed by atoms with E-state index in [1.54, 1.807) is 0 Å². The molecule has 0 bridgehead atoms. The lowest BCUT2D eigenvalue weighted by Gasteiger charge is -2.13. The topological polar surface area (TPSA) is 42.2 Å². The first-order valence-corrected chi connectivity index (χ1v) is 4.99. The zero-order valence-corrected chi connectivity index (χ0v) is 9.38. The molecule has 0 aromatic heterocycles. The number of hydrogen-bond donors (Lipinski definition) is 0. The Morgan fingerprint density at radius 3 is 2.00 bits per heavy atom. The minimum absolute atomic E-state index is 0.0704. The van der Waals surface area contributed by atoms with E-state index in [-0.39, 0.29) is 13.2 Å². The summed E-state index contributed by atoms with van der Waals surface area (Å²) in [5.74, 6) is -1.68. The highest BCUT2D eigenvalue weighted by atomic mass is 19.4. The van der Waals surface area contributed by atoms with Gasteiger partial charge in [0.05, 0.1) is 25.9 Å². The molecule has 16 heavy (non-hydrogen) atoms. The number of alkyl halides is 3. The van der Waals surface area contributed by atoms with Crippen LogP contribution in [-0.2, 0) is 9.47 Å². The van der Waals surface area contributed by atoms with E-state index >= 15 is 0 Å². The van der Waals surface area contributed by atoms with Gasteiger partial charge in [0, 0.05) is 6.61 Å². The second-order valence-corrected chi connectivity index (χ2v) is 3.77. The highest BCUT2D eigenvalue weighted by Gasteiger charge is 2.39. The first-order valence-electron chi connectivity index (χ1n) is 4.99. The van der Waals surface area contributed by atoms with Crippen molar-refractivity contribution in [1.29, 1.82) is 5.26 Å². The van der Waals surface area contributed by atoms with Gasteiger partial charge in [0.2, 0.25) is 0 Å². The standard InChI is InChI=1S/C10H16F3NO2/c1-8(2)6-15-3-4-16-7-9(5-14)10(11,12)13/h8-9H,3-4,6-7H2,1-2H3. The van der Waals surface area contributed by atoms with Crippen LogP contribution in [0.2, 0.25) is 0 Å². The molecular formula is C10H16F3NO2. The maximum Gasteiger partial charge on any atom is 0.406 e. The average Bonchev–Trinajstić information content (AvgIpc) is 2.14. The Morgan fingerprint density at radius 2 is 1.62 bits per heavy atom. The van der Waals surface area contributed by atoms with E-state index in [2.05, 4.69) is 0 Å². The quantitative estimate of drug-likeness (QED) is 0.640. The van der Waals surface area contributed by atoms with Crippen LogP contribution < -0.4 is 0 Å². The van der Waals surface area contributed by atoms with E-state index in [9.17, 15) is 13.2 Å². The van der Waals surface area contributed by atoms with E-state index in [0.717, 1.165) is 6.07 Å². The molecule has 0 spiro atoms. The van der Waals surface area contributed by atoms with Crippen LogP contribution in [0, 0.1) is 23.2 Å². The van der Waals surface area contributed by atoms with Crippen molar-refractivity contribution in [1.82, 2.24) is 0 Å². The van der Waals surface area contributed by atoms with Crippen LogP contribution in [-0.4, -0.2) is 32.6 Å². The van der Waals surface area contributed by atoms with Crippen LogP contribution in [0.5, 0.6) is 0 Å². The van der Waals surface area contributed by atoms with Crippen LogP contribution in [0.1, 0.15) is 13.8 Å². The highest BCUT2D eigenvalue weighted by Crippen LogP contribution is 2.25. The average molecular weight is 239 g/mol. The Hall–Kier alpha value is -0.800. The van der Waals surface area contributed by atoms with Crippen molar-refractivity contribution in [2.75, 3.05) is 26.4 Å². The smallest absolute Gasteiger partial charge is 0.379 e. The molecule has 0 amide bonds. The molecule has 6 heteroatoms. The number of ether oxygens (including phenoxy) is 2. The summed E-state index contributed by atoms with van der Waals surface area (Å²) < 4.78 is 46.0. The van der Waals surface area contributed by atoms with Gasteiger partial charge in [0.1, 0.15) is 0 Å². The predicted molar refractivity (Wildman–Crippen MR) is 51.6 cm³/mol. The zero-order chi connectivity index (χ0) is 12.6. The Balaban J connectivity index is 3.55. The molecule has 0 aliphatic carbocycles. The van der Waals surface area contributed by atoms with Crippen molar-refractivity contribution in [2.24, 2.45) is 11.8 Å². The lowest BCUT2D eigenvalue weighted by atomic mass is 10.2. The maximum atomic E-state index is 12.1. The van der Waals surface area contributed by atoms with Gasteiger partial charge in [-0.15, -0.1) is 0 Å². The van der Waals surface area contributed by atoms with Crippen LogP contribution >= 0.6 is 0 Å². The van der Waals surface area contributed by atoms with E-state index in [1.165, 1.54) is 0 Å². The fourth-order valence-electron chi connectivity index (χ4n) is 0.843. The van der Waals surface area contributed by atoms with Gasteiger partial charge in [0.25, 0.3) is 0 Å². The van der Waals surface area contributed by atoms with E-state index in [0.29, 0.717) is 12.5 Å². The first-order chi connectivity index (χ1) is 7.38. The molecule has 0 heterocycles. The molecule has 0 N–H and O–H groups in total. The van der Waals surface area contributed by atoms with Gasteiger partial charge in [-0.25, -0.2) is 0 Å². The summed E-state index contributed by atoms with van der Waals surface area (Å²) in [6.45, 7) is 4.16. The fraction of sp³-hybridized carbons (Fsp3) is 0.900. The third-order valence-electron chi connectivity index (χ3n) is 1.66. The van der Waals surface area contributed by atoms with Crippen LogP contribution in [0.25, 0.3) is 0 Å². The zero-order valence-electron chi connectivity index (χ0n) is 9.38. The van der Waals surface area contributed by atoms with E-state index in [1.807, 2.05) is 13.8 Å². The SMILES string of the molecule is CC(C)COCCOCC(C#N)C(F)(F)F. The van der Waals surface area contributed by atoms with Crippen LogP contribution in [0.4, 0.5) is 13.2 Å². The van der Waals surface area contributed by atoms with E-state index < -0.39 is 18.7 Å². The fourth-order valence-corrected chi connectivity index (χ4v) is 0.843. The molecule has 0 saturated carbocycles. The third-order valence-corrected chi connectivity index (χ3v) is 1.66. The number of nitriles is 1. The summed E-state index contributed by atoms with van der Waals surface area (Å²) in [7, 11) is 0. The largest absolute Gasteiger partial charge is 0.406 e. The summed E-state index contributed by atoms with van der Waals surface area (Å²) in [5.41, 5.74) is 0. The molecule has 0 saturated heterocycles. The van der Waals surface area contributed by atoms with E-state index in [4.69, 9.17) is 14.7 Å². The number of hydrogen-bond acceptors (Lipinski definition) is 3. The Kier molecular flexibility index (Phi) is 7.10. The Labute approximate surface area is 93.1 Å². The molecule has 0 aromatic rings. The lowest BCUT2D eigenvalue weighted by Crippen LogP contribution is -2.26. The summed E-state index contributed by atoms with van der Waals surface area (Å²) in [5, 5.41) is 8.26. The molecule has 0 radical (unpaired) electrons. The second kappa shape index (κ2) is 7.47. The minimum atomic E-state index is -4.52. The van der Waals surface area contributed by atoms with Crippen LogP contribution in [0.15, 0.2) is 0 Å². The second-order valence-electron chi connectivity index (χ2n) is 3.77. The molecule has 0 fully saturated rings. The Morgan fingerprint density at radius 1 is 1.12 bits per heavy atom. The van der Waals surface area contributed by atoms with Crippen molar-refractivity contribution >= 4 is 0 Å². The van der Waals surface area contributed by atoms with Crippen molar-refractivity contribution in [3.8, 4) is 6.07 Å². The summed E-state index contributed by atoms with van der Waals surface area (Å²) in [6.07, 6.45) is -4.52. The molecule has 0 aliphatic rings. The molecule has 1 atom stereocenters. The molecular weight excluding hydrogens is 223 g/mol. The number of rotatable bonds is 7. The molecule has 0 aromatic carbocycles. The normalized spacial score (nSPS) is 13.8. The van der Waals surface area contributed by atoms with Gasteiger partial charge in [0.15, 0.2) is 5.92 Å². The maximum absolute atomic E-state index is 12.1. The predicted octanol–water partition coefficient (Wildman–Crippen LogP) is 2.38. The van der Waals surface area contributed by atoms with Gasteiger partial charge in [-0.05, 0) is 5.92 Å². The Bertz CT molecular complexity index is 223. The monoisotopic (exact) mass is 239 g/mol. The number of halogens is 3. The van der Waals surface area contributed by atoms with Gasteiger partial charge in [-0.2, -0.15) is 18.4 Å². The van der Waals surface area contributed by atoms with Gasteiger partial charge >= 0.3 is 6.18 Å². The summed E-state index contributed by atoms with van der Waals surface area (Å²) in [6, 6.07) is 1.16. The van der Waals surface area contributed by atoms with Crippen molar-refractivity contribution in [3.05, 3.63) is 0 Å². The number of nitrogens with zero attached hydrogens (tertiary/aromatic N) is 1. The molecule has 0 aliphatic heterocycles. The van der Waals surface area contributed by atoms with Gasteiger partial charge in [-0.3, -0.25) is 0 Å². The van der Waals surface area contributed by atoms with Crippen LogP contribution in [0.3, 0.4) is 0 Å². The minimum Gasteiger partial charge on any atom is -0.379 e.